The van der Waals surface area contributed by atoms with Gasteiger partial charge in [0.25, 0.3) is 0 Å². The summed E-state index contributed by atoms with van der Waals surface area (Å²) in [5.41, 5.74) is 8.95. The first kappa shape index (κ1) is 14.9. The number of hydrogen-bond acceptors (Lipinski definition) is 5. The summed E-state index contributed by atoms with van der Waals surface area (Å²) < 4.78 is 10.4. The Balaban J connectivity index is 2.77. The van der Waals surface area contributed by atoms with Crippen LogP contribution in [0.25, 0.3) is 0 Å². The molecule has 102 valence electrons. The maximum Gasteiger partial charge on any atom is 0.131 e. The third-order valence-corrected chi connectivity index (χ3v) is 2.86. The summed E-state index contributed by atoms with van der Waals surface area (Å²) in [6.07, 6.45) is 0.00300. The lowest BCUT2D eigenvalue weighted by molar-refractivity contribution is 0.0365. The van der Waals surface area contributed by atoms with E-state index < -0.39 is 0 Å². The molecule has 18 heavy (non-hydrogen) atoms. The minimum atomic E-state index is 0.00300. The van der Waals surface area contributed by atoms with Gasteiger partial charge in [-0.3, -0.25) is 0 Å². The highest BCUT2D eigenvalue weighted by Crippen LogP contribution is 2.18. The molecule has 0 radical (unpaired) electrons. The molecular weight excluding hydrogens is 230 g/mol. The fourth-order valence-corrected chi connectivity index (χ4v) is 1.87. The second kappa shape index (κ2) is 7.31. The standard InChI is InChI=1S/C13H23N3O2/c1-9-5-10(2)16-13(12(9)6-14)15-7-11(18-4)8-17-3/h5,11H,6-8,14H2,1-4H3,(H,15,16). The summed E-state index contributed by atoms with van der Waals surface area (Å²) in [6, 6.07) is 2.04. The minimum Gasteiger partial charge on any atom is -0.382 e. The van der Waals surface area contributed by atoms with Gasteiger partial charge in [0.15, 0.2) is 0 Å². The van der Waals surface area contributed by atoms with Crippen molar-refractivity contribution in [1.82, 2.24) is 4.98 Å². The molecule has 0 bridgehead atoms. The number of anilines is 1. The predicted octanol–water partition coefficient (Wildman–Crippen LogP) is 1.23. The maximum absolute atomic E-state index is 5.76. The second-order valence-electron chi connectivity index (χ2n) is 4.31. The summed E-state index contributed by atoms with van der Waals surface area (Å²) in [5.74, 6) is 0.841. The monoisotopic (exact) mass is 253 g/mol. The Hall–Kier alpha value is -1.17. The molecule has 1 heterocycles. The van der Waals surface area contributed by atoms with Crippen molar-refractivity contribution in [2.45, 2.75) is 26.5 Å². The number of nitrogens with zero attached hydrogens (tertiary/aromatic N) is 1. The van der Waals surface area contributed by atoms with Crippen molar-refractivity contribution in [3.63, 3.8) is 0 Å². The van der Waals surface area contributed by atoms with Crippen LogP contribution in [0.5, 0.6) is 0 Å². The van der Waals surface area contributed by atoms with E-state index in [0.29, 0.717) is 19.7 Å². The normalized spacial score (nSPS) is 12.5. The van der Waals surface area contributed by atoms with Gasteiger partial charge < -0.3 is 20.5 Å². The van der Waals surface area contributed by atoms with Crippen molar-refractivity contribution in [2.24, 2.45) is 5.73 Å². The lowest BCUT2D eigenvalue weighted by atomic mass is 10.1. The van der Waals surface area contributed by atoms with E-state index in [9.17, 15) is 0 Å². The maximum atomic E-state index is 5.76. The van der Waals surface area contributed by atoms with Gasteiger partial charge >= 0.3 is 0 Å². The molecule has 3 N–H and O–H groups in total. The number of ether oxygens (including phenoxy) is 2. The number of hydrogen-bond donors (Lipinski definition) is 2. The molecule has 1 rings (SSSR count). The highest BCUT2D eigenvalue weighted by atomic mass is 16.5. The lowest BCUT2D eigenvalue weighted by Crippen LogP contribution is -2.27. The van der Waals surface area contributed by atoms with E-state index in [4.69, 9.17) is 15.2 Å². The topological polar surface area (TPSA) is 69.4 Å². The number of rotatable bonds is 7. The van der Waals surface area contributed by atoms with Gasteiger partial charge in [-0.15, -0.1) is 0 Å². The van der Waals surface area contributed by atoms with E-state index in [-0.39, 0.29) is 6.10 Å². The van der Waals surface area contributed by atoms with Crippen molar-refractivity contribution >= 4 is 5.82 Å². The molecule has 0 aromatic carbocycles. The molecule has 0 aliphatic rings. The number of aromatic nitrogens is 1. The molecule has 0 fully saturated rings. The molecule has 1 unspecified atom stereocenters. The second-order valence-corrected chi connectivity index (χ2v) is 4.31. The van der Waals surface area contributed by atoms with Crippen LogP contribution in [0.4, 0.5) is 5.82 Å². The SMILES string of the molecule is COCC(CNc1nc(C)cc(C)c1CN)OC. The van der Waals surface area contributed by atoms with Crippen LogP contribution in [-0.2, 0) is 16.0 Å². The van der Waals surface area contributed by atoms with Crippen LogP contribution in [0, 0.1) is 13.8 Å². The van der Waals surface area contributed by atoms with E-state index >= 15 is 0 Å². The molecule has 5 nitrogen and oxygen atoms in total. The average Bonchev–Trinajstić information content (AvgIpc) is 2.33. The summed E-state index contributed by atoms with van der Waals surface area (Å²) in [5, 5.41) is 3.29. The van der Waals surface area contributed by atoms with Gasteiger partial charge in [-0.25, -0.2) is 4.98 Å². The van der Waals surface area contributed by atoms with Gasteiger partial charge in [0, 0.05) is 38.6 Å². The zero-order valence-electron chi connectivity index (χ0n) is 11.6. The Bertz CT molecular complexity index is 383. The van der Waals surface area contributed by atoms with Crippen LogP contribution in [0.2, 0.25) is 0 Å². The van der Waals surface area contributed by atoms with Gasteiger partial charge in [-0.2, -0.15) is 0 Å². The number of aryl methyl sites for hydroxylation is 2. The fraction of sp³-hybridized carbons (Fsp3) is 0.615. The first-order chi connectivity index (χ1) is 8.62. The van der Waals surface area contributed by atoms with E-state index in [1.54, 1.807) is 14.2 Å². The van der Waals surface area contributed by atoms with Crippen molar-refractivity contribution in [3.05, 3.63) is 22.9 Å². The van der Waals surface area contributed by atoms with E-state index in [1.165, 1.54) is 0 Å². The minimum absolute atomic E-state index is 0.00300. The Morgan fingerprint density at radius 2 is 2.11 bits per heavy atom. The van der Waals surface area contributed by atoms with Crippen LogP contribution < -0.4 is 11.1 Å². The predicted molar refractivity (Wildman–Crippen MR) is 72.8 cm³/mol. The van der Waals surface area contributed by atoms with Crippen LogP contribution >= 0.6 is 0 Å². The first-order valence-corrected chi connectivity index (χ1v) is 6.05. The largest absolute Gasteiger partial charge is 0.382 e. The van der Waals surface area contributed by atoms with E-state index in [1.807, 2.05) is 19.9 Å². The average molecular weight is 253 g/mol. The molecule has 0 aliphatic carbocycles. The van der Waals surface area contributed by atoms with Gasteiger partial charge in [0.2, 0.25) is 0 Å². The van der Waals surface area contributed by atoms with Crippen molar-refractivity contribution in [3.8, 4) is 0 Å². The Labute approximate surface area is 109 Å². The zero-order chi connectivity index (χ0) is 13.5. The van der Waals surface area contributed by atoms with Crippen LogP contribution in [0.1, 0.15) is 16.8 Å². The molecule has 1 aromatic rings. The Morgan fingerprint density at radius 3 is 2.67 bits per heavy atom. The van der Waals surface area contributed by atoms with E-state index in [0.717, 1.165) is 22.6 Å². The van der Waals surface area contributed by atoms with Gasteiger partial charge in [0.1, 0.15) is 5.82 Å². The molecule has 0 spiro atoms. The first-order valence-electron chi connectivity index (χ1n) is 6.05. The van der Waals surface area contributed by atoms with Crippen LogP contribution in [-0.4, -0.2) is 38.5 Å². The third-order valence-electron chi connectivity index (χ3n) is 2.86. The molecule has 0 saturated carbocycles. The number of nitrogens with two attached hydrogens (primary N) is 1. The molecule has 0 aliphatic heterocycles. The van der Waals surface area contributed by atoms with Gasteiger partial charge in [0.05, 0.1) is 12.7 Å². The smallest absolute Gasteiger partial charge is 0.131 e. The van der Waals surface area contributed by atoms with Crippen LogP contribution in [0.3, 0.4) is 0 Å². The number of nitrogens with one attached hydrogen (secondary N) is 1. The molecular formula is C13H23N3O2. The zero-order valence-corrected chi connectivity index (χ0v) is 11.6. The lowest BCUT2D eigenvalue weighted by Gasteiger charge is -2.18. The van der Waals surface area contributed by atoms with Crippen LogP contribution in [0.15, 0.2) is 6.07 Å². The number of methoxy groups -OCH3 is 2. The van der Waals surface area contributed by atoms with E-state index in [2.05, 4.69) is 10.3 Å². The fourth-order valence-electron chi connectivity index (χ4n) is 1.87. The Morgan fingerprint density at radius 1 is 1.39 bits per heavy atom. The Kier molecular flexibility index (Phi) is 6.04. The highest BCUT2D eigenvalue weighted by Gasteiger charge is 2.11. The van der Waals surface area contributed by atoms with Gasteiger partial charge in [-0.1, -0.05) is 0 Å². The number of pyridine rings is 1. The highest BCUT2D eigenvalue weighted by molar-refractivity contribution is 5.49. The summed E-state index contributed by atoms with van der Waals surface area (Å²) in [4.78, 5) is 4.48. The van der Waals surface area contributed by atoms with Crippen molar-refractivity contribution in [1.29, 1.82) is 0 Å². The van der Waals surface area contributed by atoms with Crippen molar-refractivity contribution in [2.75, 3.05) is 32.7 Å². The third kappa shape index (κ3) is 3.94. The summed E-state index contributed by atoms with van der Waals surface area (Å²) in [6.45, 7) is 5.69. The summed E-state index contributed by atoms with van der Waals surface area (Å²) in [7, 11) is 3.33. The van der Waals surface area contributed by atoms with Gasteiger partial charge in [-0.05, 0) is 25.5 Å². The molecule has 1 atom stereocenters. The molecule has 5 heteroatoms. The summed E-state index contributed by atoms with van der Waals surface area (Å²) >= 11 is 0. The molecule has 0 saturated heterocycles. The molecule has 1 aromatic heterocycles. The molecule has 0 amide bonds. The quantitative estimate of drug-likeness (QED) is 0.765. The van der Waals surface area contributed by atoms with Crippen molar-refractivity contribution < 1.29 is 9.47 Å².